The molecule has 1 fully saturated rings. The van der Waals surface area contributed by atoms with Crippen LogP contribution in [0.25, 0.3) is 11.4 Å². The molecule has 0 atom stereocenters. The Hall–Kier alpha value is -1.77. The number of nitrogens with zero attached hydrogens (tertiary/aromatic N) is 3. The Bertz CT molecular complexity index is 735. The van der Waals surface area contributed by atoms with Crippen molar-refractivity contribution in [3.05, 3.63) is 30.2 Å². The normalized spacial score (nSPS) is 17.0. The van der Waals surface area contributed by atoms with E-state index < -0.39 is 10.0 Å². The molecule has 8 heteroatoms. The van der Waals surface area contributed by atoms with E-state index in [2.05, 4.69) is 10.1 Å². The van der Waals surface area contributed by atoms with Gasteiger partial charge in [0.2, 0.25) is 21.7 Å². The van der Waals surface area contributed by atoms with Crippen molar-refractivity contribution in [2.75, 3.05) is 26.3 Å². The van der Waals surface area contributed by atoms with Crippen molar-refractivity contribution in [2.45, 2.75) is 11.8 Å². The quantitative estimate of drug-likeness (QED) is 0.843. The summed E-state index contributed by atoms with van der Waals surface area (Å²) in [5.41, 5.74) is 0.612. The van der Waals surface area contributed by atoms with Crippen molar-refractivity contribution >= 4 is 10.0 Å². The highest BCUT2D eigenvalue weighted by Gasteiger charge is 2.26. The summed E-state index contributed by atoms with van der Waals surface area (Å²) in [5, 5.41) is 3.81. The minimum atomic E-state index is -3.52. The van der Waals surface area contributed by atoms with Crippen LogP contribution in [0.2, 0.25) is 0 Å². The van der Waals surface area contributed by atoms with Crippen molar-refractivity contribution < 1.29 is 17.7 Å². The predicted octanol–water partition coefficient (Wildman–Crippen LogP) is 1.07. The second-order valence-electron chi connectivity index (χ2n) is 4.68. The van der Waals surface area contributed by atoms with Crippen LogP contribution in [0.3, 0.4) is 0 Å². The maximum absolute atomic E-state index is 12.6. The Labute approximate surface area is 122 Å². The summed E-state index contributed by atoms with van der Waals surface area (Å²) in [4.78, 5) is 4.34. The van der Waals surface area contributed by atoms with E-state index in [1.54, 1.807) is 31.2 Å². The van der Waals surface area contributed by atoms with E-state index >= 15 is 0 Å². The zero-order chi connectivity index (χ0) is 14.9. The summed E-state index contributed by atoms with van der Waals surface area (Å²) >= 11 is 0. The van der Waals surface area contributed by atoms with Gasteiger partial charge in [0.1, 0.15) is 0 Å². The van der Waals surface area contributed by atoms with Gasteiger partial charge in [-0.2, -0.15) is 9.29 Å². The maximum atomic E-state index is 12.6. The molecule has 0 unspecified atom stereocenters. The van der Waals surface area contributed by atoms with E-state index in [0.29, 0.717) is 43.6 Å². The summed E-state index contributed by atoms with van der Waals surface area (Å²) in [6, 6.07) is 6.56. The van der Waals surface area contributed by atoms with Crippen LogP contribution in [0.1, 0.15) is 5.89 Å². The number of morpholine rings is 1. The minimum Gasteiger partial charge on any atom is -0.379 e. The van der Waals surface area contributed by atoms with E-state index in [-0.39, 0.29) is 4.90 Å². The number of benzene rings is 1. The van der Waals surface area contributed by atoms with E-state index in [4.69, 9.17) is 9.26 Å². The molecule has 2 heterocycles. The lowest BCUT2D eigenvalue weighted by molar-refractivity contribution is 0.0730. The van der Waals surface area contributed by atoms with Crippen LogP contribution in [0.4, 0.5) is 0 Å². The second kappa shape index (κ2) is 5.55. The van der Waals surface area contributed by atoms with Gasteiger partial charge >= 0.3 is 0 Å². The monoisotopic (exact) mass is 309 g/mol. The molecule has 112 valence electrons. The van der Waals surface area contributed by atoms with Gasteiger partial charge in [-0.3, -0.25) is 0 Å². The molecular weight excluding hydrogens is 294 g/mol. The number of hydrogen-bond donors (Lipinski definition) is 0. The lowest BCUT2D eigenvalue weighted by Gasteiger charge is -2.26. The van der Waals surface area contributed by atoms with Crippen LogP contribution in [0.5, 0.6) is 0 Å². The topological polar surface area (TPSA) is 85.5 Å². The fourth-order valence-electron chi connectivity index (χ4n) is 2.15. The molecule has 1 aromatic heterocycles. The van der Waals surface area contributed by atoms with Gasteiger partial charge in [0.25, 0.3) is 0 Å². The number of rotatable bonds is 3. The third-order valence-electron chi connectivity index (χ3n) is 3.23. The SMILES string of the molecule is Cc1nc(-c2cccc(S(=O)(=O)N3CCOCC3)c2)no1. The largest absolute Gasteiger partial charge is 0.379 e. The van der Waals surface area contributed by atoms with Crippen LogP contribution < -0.4 is 0 Å². The zero-order valence-corrected chi connectivity index (χ0v) is 12.3. The van der Waals surface area contributed by atoms with Gasteiger partial charge in [0, 0.05) is 25.6 Å². The lowest BCUT2D eigenvalue weighted by atomic mass is 10.2. The van der Waals surface area contributed by atoms with E-state index in [9.17, 15) is 8.42 Å². The molecule has 3 rings (SSSR count). The molecule has 1 aromatic carbocycles. The molecule has 0 bridgehead atoms. The molecule has 0 N–H and O–H groups in total. The molecule has 0 amide bonds. The molecular formula is C13H15N3O4S. The molecule has 0 spiro atoms. The summed E-state index contributed by atoms with van der Waals surface area (Å²) in [5.74, 6) is 0.818. The number of hydrogen-bond acceptors (Lipinski definition) is 6. The maximum Gasteiger partial charge on any atom is 0.243 e. The van der Waals surface area contributed by atoms with Gasteiger partial charge in [-0.15, -0.1) is 0 Å². The highest BCUT2D eigenvalue weighted by Crippen LogP contribution is 2.23. The first-order valence-electron chi connectivity index (χ1n) is 6.56. The van der Waals surface area contributed by atoms with Crippen LogP contribution in [0, 0.1) is 6.92 Å². The average Bonchev–Trinajstić information content (AvgIpc) is 2.95. The lowest BCUT2D eigenvalue weighted by Crippen LogP contribution is -2.40. The number of aromatic nitrogens is 2. The summed E-state index contributed by atoms with van der Waals surface area (Å²) in [6.07, 6.45) is 0. The van der Waals surface area contributed by atoms with Crippen LogP contribution in [-0.4, -0.2) is 49.2 Å². The average molecular weight is 309 g/mol. The van der Waals surface area contributed by atoms with Crippen LogP contribution in [-0.2, 0) is 14.8 Å². The van der Waals surface area contributed by atoms with Crippen molar-refractivity contribution in [2.24, 2.45) is 0 Å². The van der Waals surface area contributed by atoms with Gasteiger partial charge in [-0.1, -0.05) is 17.3 Å². The number of ether oxygens (including phenoxy) is 1. The summed E-state index contributed by atoms with van der Waals surface area (Å²) in [7, 11) is -3.52. The Kier molecular flexibility index (Phi) is 3.75. The number of sulfonamides is 1. The van der Waals surface area contributed by atoms with Crippen molar-refractivity contribution in [1.29, 1.82) is 0 Å². The fourth-order valence-corrected chi connectivity index (χ4v) is 3.60. The standard InChI is InChI=1S/C13H15N3O4S/c1-10-14-13(15-20-10)11-3-2-4-12(9-11)21(17,18)16-5-7-19-8-6-16/h2-4,9H,5-8H2,1H3. The van der Waals surface area contributed by atoms with Gasteiger partial charge in [-0.25, -0.2) is 8.42 Å². The summed E-state index contributed by atoms with van der Waals surface area (Å²) in [6.45, 7) is 3.26. The first kappa shape index (κ1) is 14.2. The van der Waals surface area contributed by atoms with Crippen molar-refractivity contribution in [1.82, 2.24) is 14.4 Å². The number of aryl methyl sites for hydroxylation is 1. The highest BCUT2D eigenvalue weighted by atomic mass is 32.2. The molecule has 0 radical (unpaired) electrons. The molecule has 0 saturated carbocycles. The van der Waals surface area contributed by atoms with Gasteiger partial charge in [-0.05, 0) is 12.1 Å². The van der Waals surface area contributed by atoms with Crippen LogP contribution >= 0.6 is 0 Å². The van der Waals surface area contributed by atoms with Gasteiger partial charge < -0.3 is 9.26 Å². The van der Waals surface area contributed by atoms with Crippen LogP contribution in [0.15, 0.2) is 33.7 Å². The van der Waals surface area contributed by atoms with Crippen molar-refractivity contribution in [3.63, 3.8) is 0 Å². The van der Waals surface area contributed by atoms with E-state index in [0.717, 1.165) is 0 Å². The first-order chi connectivity index (χ1) is 10.1. The Morgan fingerprint density at radius 3 is 2.67 bits per heavy atom. The highest BCUT2D eigenvalue weighted by molar-refractivity contribution is 7.89. The van der Waals surface area contributed by atoms with E-state index in [1.807, 2.05) is 0 Å². The van der Waals surface area contributed by atoms with E-state index in [1.165, 1.54) is 4.31 Å². The molecule has 21 heavy (non-hydrogen) atoms. The molecule has 7 nitrogen and oxygen atoms in total. The van der Waals surface area contributed by atoms with Crippen molar-refractivity contribution in [3.8, 4) is 11.4 Å². The Balaban J connectivity index is 1.95. The Morgan fingerprint density at radius 2 is 2.00 bits per heavy atom. The summed E-state index contributed by atoms with van der Waals surface area (Å²) < 4.78 is 36.7. The molecule has 2 aromatic rings. The predicted molar refractivity (Wildman–Crippen MR) is 74.0 cm³/mol. The van der Waals surface area contributed by atoms with Gasteiger partial charge in [0.05, 0.1) is 18.1 Å². The minimum absolute atomic E-state index is 0.226. The molecule has 1 aliphatic rings. The smallest absolute Gasteiger partial charge is 0.243 e. The molecule has 0 aliphatic carbocycles. The first-order valence-corrected chi connectivity index (χ1v) is 8.00. The molecule has 1 aliphatic heterocycles. The Morgan fingerprint density at radius 1 is 1.24 bits per heavy atom. The third kappa shape index (κ3) is 2.82. The zero-order valence-electron chi connectivity index (χ0n) is 11.5. The fraction of sp³-hybridized carbons (Fsp3) is 0.385. The van der Waals surface area contributed by atoms with Gasteiger partial charge in [0.15, 0.2) is 0 Å². The molecule has 1 saturated heterocycles. The third-order valence-corrected chi connectivity index (χ3v) is 5.12. The second-order valence-corrected chi connectivity index (χ2v) is 6.62.